The van der Waals surface area contributed by atoms with Gasteiger partial charge in [-0.3, -0.25) is 4.99 Å². The molecule has 0 radical (unpaired) electrons. The van der Waals surface area contributed by atoms with Gasteiger partial charge in [0.15, 0.2) is 15.8 Å². The standard InChI is InChI=1S/C16H25N3O4S/c1-17-16(19-13-8-11-24(20,21)12-13)18-9-3-10-23-15-6-4-14(22-2)5-7-15/h4-7,13H,3,8-12H2,1-2H3,(H2,17,18,19). The van der Waals surface area contributed by atoms with Crippen LogP contribution < -0.4 is 20.1 Å². The highest BCUT2D eigenvalue weighted by Gasteiger charge is 2.28. The molecule has 0 saturated carbocycles. The zero-order valence-corrected chi connectivity index (χ0v) is 14.9. The number of sulfone groups is 1. The molecule has 1 aromatic rings. The highest BCUT2D eigenvalue weighted by atomic mass is 32.2. The van der Waals surface area contributed by atoms with Crippen molar-refractivity contribution in [3.05, 3.63) is 24.3 Å². The van der Waals surface area contributed by atoms with E-state index in [0.29, 0.717) is 25.5 Å². The Balaban J connectivity index is 1.63. The van der Waals surface area contributed by atoms with E-state index in [1.54, 1.807) is 14.2 Å². The number of nitrogens with one attached hydrogen (secondary N) is 2. The van der Waals surface area contributed by atoms with E-state index in [9.17, 15) is 8.42 Å². The number of benzene rings is 1. The molecule has 0 aromatic heterocycles. The summed E-state index contributed by atoms with van der Waals surface area (Å²) in [4.78, 5) is 4.12. The molecule has 1 atom stereocenters. The zero-order valence-electron chi connectivity index (χ0n) is 14.1. The SMILES string of the molecule is CN=C(NCCCOc1ccc(OC)cc1)NC1CCS(=O)(=O)C1. The van der Waals surface area contributed by atoms with E-state index in [0.717, 1.165) is 17.9 Å². The Labute approximate surface area is 143 Å². The molecule has 7 nitrogen and oxygen atoms in total. The summed E-state index contributed by atoms with van der Waals surface area (Å²) in [6, 6.07) is 7.39. The highest BCUT2D eigenvalue weighted by molar-refractivity contribution is 7.91. The van der Waals surface area contributed by atoms with Crippen molar-refractivity contribution in [1.82, 2.24) is 10.6 Å². The number of nitrogens with zero attached hydrogens (tertiary/aromatic N) is 1. The van der Waals surface area contributed by atoms with Crippen LogP contribution in [0.2, 0.25) is 0 Å². The van der Waals surface area contributed by atoms with Crippen molar-refractivity contribution in [2.75, 3.05) is 38.8 Å². The van der Waals surface area contributed by atoms with Gasteiger partial charge in [0.25, 0.3) is 0 Å². The van der Waals surface area contributed by atoms with Crippen LogP contribution in [0.4, 0.5) is 0 Å². The minimum Gasteiger partial charge on any atom is -0.497 e. The van der Waals surface area contributed by atoms with Crippen LogP contribution in [0.15, 0.2) is 29.3 Å². The summed E-state index contributed by atoms with van der Waals surface area (Å²) in [5.74, 6) is 2.65. The van der Waals surface area contributed by atoms with Gasteiger partial charge in [-0.2, -0.15) is 0 Å². The lowest BCUT2D eigenvalue weighted by Gasteiger charge is -2.16. The predicted molar refractivity (Wildman–Crippen MR) is 94.7 cm³/mol. The molecule has 134 valence electrons. The molecule has 1 saturated heterocycles. The number of rotatable bonds is 7. The maximum atomic E-state index is 11.5. The van der Waals surface area contributed by atoms with E-state index >= 15 is 0 Å². The second-order valence-electron chi connectivity index (χ2n) is 5.62. The van der Waals surface area contributed by atoms with E-state index in [1.165, 1.54) is 0 Å². The van der Waals surface area contributed by atoms with Crippen molar-refractivity contribution >= 4 is 15.8 Å². The number of hydrogen-bond acceptors (Lipinski definition) is 5. The second kappa shape index (κ2) is 8.77. The third-order valence-electron chi connectivity index (χ3n) is 3.74. The number of aliphatic imine (C=N–C) groups is 1. The smallest absolute Gasteiger partial charge is 0.191 e. The van der Waals surface area contributed by atoms with Crippen molar-refractivity contribution < 1.29 is 17.9 Å². The maximum Gasteiger partial charge on any atom is 0.191 e. The largest absolute Gasteiger partial charge is 0.497 e. The van der Waals surface area contributed by atoms with E-state index in [2.05, 4.69) is 15.6 Å². The minimum atomic E-state index is -2.89. The molecule has 1 fully saturated rings. The molecule has 1 aliphatic rings. The van der Waals surface area contributed by atoms with Gasteiger partial charge in [0.2, 0.25) is 0 Å². The van der Waals surface area contributed by atoms with Gasteiger partial charge in [-0.15, -0.1) is 0 Å². The van der Waals surface area contributed by atoms with Crippen LogP contribution in [0.25, 0.3) is 0 Å². The van der Waals surface area contributed by atoms with Gasteiger partial charge in [-0.1, -0.05) is 0 Å². The molecule has 8 heteroatoms. The van der Waals surface area contributed by atoms with Crippen molar-refractivity contribution in [2.24, 2.45) is 4.99 Å². The summed E-state index contributed by atoms with van der Waals surface area (Å²) < 4.78 is 33.7. The third-order valence-corrected chi connectivity index (χ3v) is 5.51. The van der Waals surface area contributed by atoms with E-state index in [-0.39, 0.29) is 17.5 Å². The predicted octanol–water partition coefficient (Wildman–Crippen LogP) is 0.816. The first kappa shape index (κ1) is 18.4. The lowest BCUT2D eigenvalue weighted by molar-refractivity contribution is 0.310. The molecular formula is C16H25N3O4S. The number of hydrogen-bond donors (Lipinski definition) is 2. The lowest BCUT2D eigenvalue weighted by atomic mass is 10.3. The fourth-order valence-electron chi connectivity index (χ4n) is 2.44. The lowest BCUT2D eigenvalue weighted by Crippen LogP contribution is -2.44. The molecule has 1 aromatic carbocycles. The fraction of sp³-hybridized carbons (Fsp3) is 0.562. The van der Waals surface area contributed by atoms with Crippen LogP contribution in [0.5, 0.6) is 11.5 Å². The minimum absolute atomic E-state index is 0.0586. The molecule has 0 bridgehead atoms. The van der Waals surface area contributed by atoms with E-state index in [1.807, 2.05) is 24.3 Å². The Hall–Kier alpha value is -1.96. The summed E-state index contributed by atoms with van der Waals surface area (Å²) >= 11 is 0. The molecular weight excluding hydrogens is 330 g/mol. The van der Waals surface area contributed by atoms with Crippen molar-refractivity contribution in [3.63, 3.8) is 0 Å². The van der Waals surface area contributed by atoms with Gasteiger partial charge in [0, 0.05) is 19.6 Å². The Kier molecular flexibility index (Phi) is 6.72. The molecule has 24 heavy (non-hydrogen) atoms. The van der Waals surface area contributed by atoms with Crippen LogP contribution in [-0.4, -0.2) is 59.2 Å². The first-order valence-electron chi connectivity index (χ1n) is 7.97. The summed E-state index contributed by atoms with van der Waals surface area (Å²) in [6.07, 6.45) is 1.43. The molecule has 2 rings (SSSR count). The van der Waals surface area contributed by atoms with Crippen LogP contribution >= 0.6 is 0 Å². The average Bonchev–Trinajstić information content (AvgIpc) is 2.92. The molecule has 1 heterocycles. The van der Waals surface area contributed by atoms with E-state index in [4.69, 9.17) is 9.47 Å². The highest BCUT2D eigenvalue weighted by Crippen LogP contribution is 2.17. The molecule has 0 spiro atoms. The molecule has 1 aliphatic heterocycles. The third kappa shape index (κ3) is 5.92. The van der Waals surface area contributed by atoms with Gasteiger partial charge in [-0.25, -0.2) is 8.42 Å². The Morgan fingerprint density at radius 3 is 2.58 bits per heavy atom. The van der Waals surface area contributed by atoms with E-state index < -0.39 is 9.84 Å². The van der Waals surface area contributed by atoms with Gasteiger partial charge in [0.1, 0.15) is 11.5 Å². The summed E-state index contributed by atoms with van der Waals surface area (Å²) in [7, 11) is 0.413. The van der Waals surface area contributed by atoms with Crippen LogP contribution in [0.3, 0.4) is 0 Å². The topological polar surface area (TPSA) is 89.0 Å². The quantitative estimate of drug-likeness (QED) is 0.428. The normalized spacial score (nSPS) is 19.8. The zero-order chi connectivity index (χ0) is 17.4. The van der Waals surface area contributed by atoms with Crippen LogP contribution in [0, 0.1) is 0 Å². The molecule has 1 unspecified atom stereocenters. The summed E-state index contributed by atoms with van der Waals surface area (Å²) in [5, 5.41) is 6.32. The Morgan fingerprint density at radius 1 is 1.29 bits per heavy atom. The summed E-state index contributed by atoms with van der Waals surface area (Å²) in [5.41, 5.74) is 0. The Bertz CT molecular complexity index is 644. The monoisotopic (exact) mass is 355 g/mol. The number of guanidine groups is 1. The van der Waals surface area contributed by atoms with Crippen molar-refractivity contribution in [1.29, 1.82) is 0 Å². The first-order valence-corrected chi connectivity index (χ1v) is 9.79. The van der Waals surface area contributed by atoms with Crippen molar-refractivity contribution in [2.45, 2.75) is 18.9 Å². The molecule has 2 N–H and O–H groups in total. The van der Waals surface area contributed by atoms with Gasteiger partial charge in [0.05, 0.1) is 25.2 Å². The fourth-order valence-corrected chi connectivity index (χ4v) is 4.11. The Morgan fingerprint density at radius 2 is 2.00 bits per heavy atom. The summed E-state index contributed by atoms with van der Waals surface area (Å²) in [6.45, 7) is 1.27. The van der Waals surface area contributed by atoms with Crippen LogP contribution in [0.1, 0.15) is 12.8 Å². The number of ether oxygens (including phenoxy) is 2. The van der Waals surface area contributed by atoms with Gasteiger partial charge in [-0.05, 0) is 37.1 Å². The maximum absolute atomic E-state index is 11.5. The van der Waals surface area contributed by atoms with Gasteiger partial charge < -0.3 is 20.1 Å². The molecule has 0 amide bonds. The number of methoxy groups -OCH3 is 1. The second-order valence-corrected chi connectivity index (χ2v) is 7.85. The van der Waals surface area contributed by atoms with Crippen molar-refractivity contribution in [3.8, 4) is 11.5 Å². The van der Waals surface area contributed by atoms with Gasteiger partial charge >= 0.3 is 0 Å². The first-order chi connectivity index (χ1) is 11.5. The van der Waals surface area contributed by atoms with Crippen LogP contribution in [-0.2, 0) is 9.84 Å². The molecule has 0 aliphatic carbocycles. The average molecular weight is 355 g/mol.